The summed E-state index contributed by atoms with van der Waals surface area (Å²) in [6.07, 6.45) is -1.50. The van der Waals surface area contributed by atoms with Crippen LogP contribution in [0, 0.1) is 5.92 Å². The standard InChI is InChI=1S/C9H12ClN3O4S/c10-8-12-9(18-13-8)11-1-4-3-17-5(2-14)7(16)6(4)15/h1,4-7,14-16H,2-3H2/t4?,5?,6-,7+/m1/s1. The Morgan fingerprint density at radius 2 is 2.28 bits per heavy atom. The summed E-state index contributed by atoms with van der Waals surface area (Å²) in [6, 6.07) is 0. The molecule has 0 aromatic carbocycles. The van der Waals surface area contributed by atoms with E-state index in [1.165, 1.54) is 6.21 Å². The molecule has 1 aliphatic rings. The first kappa shape index (κ1) is 13.8. The molecule has 0 bridgehead atoms. The van der Waals surface area contributed by atoms with E-state index >= 15 is 0 Å². The molecule has 2 unspecified atom stereocenters. The van der Waals surface area contributed by atoms with E-state index in [2.05, 4.69) is 14.3 Å². The first-order chi connectivity index (χ1) is 8.61. The smallest absolute Gasteiger partial charge is 0.236 e. The van der Waals surface area contributed by atoms with E-state index in [-0.39, 0.29) is 18.5 Å². The van der Waals surface area contributed by atoms with Gasteiger partial charge in [0.2, 0.25) is 10.4 Å². The third kappa shape index (κ3) is 3.02. The predicted octanol–water partition coefficient (Wildman–Crippen LogP) is -0.377. The van der Waals surface area contributed by atoms with Gasteiger partial charge < -0.3 is 20.1 Å². The van der Waals surface area contributed by atoms with Gasteiger partial charge in [-0.15, -0.1) is 0 Å². The number of rotatable bonds is 3. The highest BCUT2D eigenvalue weighted by Gasteiger charge is 2.37. The summed E-state index contributed by atoms with van der Waals surface area (Å²) in [5.41, 5.74) is 0. The van der Waals surface area contributed by atoms with Gasteiger partial charge in [-0.1, -0.05) is 0 Å². The fourth-order valence-corrected chi connectivity index (χ4v) is 2.27. The Bertz CT molecular complexity index is 430. The summed E-state index contributed by atoms with van der Waals surface area (Å²) in [7, 11) is 0. The van der Waals surface area contributed by atoms with Crippen molar-refractivity contribution in [1.82, 2.24) is 9.36 Å². The maximum absolute atomic E-state index is 9.83. The molecule has 7 nitrogen and oxygen atoms in total. The lowest BCUT2D eigenvalue weighted by Crippen LogP contribution is -2.51. The molecule has 0 radical (unpaired) electrons. The van der Waals surface area contributed by atoms with Crippen LogP contribution in [0.2, 0.25) is 5.28 Å². The van der Waals surface area contributed by atoms with Crippen molar-refractivity contribution >= 4 is 34.5 Å². The van der Waals surface area contributed by atoms with Crippen LogP contribution >= 0.6 is 23.1 Å². The van der Waals surface area contributed by atoms with E-state index in [1.54, 1.807) is 0 Å². The first-order valence-electron chi connectivity index (χ1n) is 5.24. The van der Waals surface area contributed by atoms with Gasteiger partial charge in [0.1, 0.15) is 12.2 Å². The molecule has 1 saturated heterocycles. The van der Waals surface area contributed by atoms with Crippen molar-refractivity contribution in [3.63, 3.8) is 0 Å². The lowest BCUT2D eigenvalue weighted by atomic mass is 9.93. The van der Waals surface area contributed by atoms with Gasteiger partial charge in [-0.3, -0.25) is 0 Å². The van der Waals surface area contributed by atoms with Crippen molar-refractivity contribution < 1.29 is 20.1 Å². The van der Waals surface area contributed by atoms with Gasteiger partial charge in [0.15, 0.2) is 0 Å². The number of aliphatic hydroxyl groups is 3. The highest BCUT2D eigenvalue weighted by Crippen LogP contribution is 2.22. The second kappa shape index (κ2) is 6.00. The molecular weight excluding hydrogens is 282 g/mol. The molecule has 18 heavy (non-hydrogen) atoms. The summed E-state index contributed by atoms with van der Waals surface area (Å²) in [5, 5.41) is 28.9. The van der Waals surface area contributed by atoms with Crippen molar-refractivity contribution in [3.05, 3.63) is 5.28 Å². The average Bonchev–Trinajstić information content (AvgIpc) is 2.77. The number of aromatic nitrogens is 2. The Morgan fingerprint density at radius 3 is 2.89 bits per heavy atom. The molecule has 1 aromatic rings. The van der Waals surface area contributed by atoms with Gasteiger partial charge in [-0.05, 0) is 11.6 Å². The molecule has 0 spiro atoms. The Labute approximate surface area is 112 Å². The Hall–Kier alpha value is -0.640. The van der Waals surface area contributed by atoms with Crippen LogP contribution < -0.4 is 0 Å². The molecule has 1 fully saturated rings. The van der Waals surface area contributed by atoms with Gasteiger partial charge in [0, 0.05) is 23.7 Å². The molecule has 0 aliphatic carbocycles. The molecule has 2 heterocycles. The minimum atomic E-state index is -1.14. The zero-order valence-electron chi connectivity index (χ0n) is 9.18. The Balaban J connectivity index is 2.00. The maximum Gasteiger partial charge on any atom is 0.236 e. The lowest BCUT2D eigenvalue weighted by molar-refractivity contribution is -0.160. The van der Waals surface area contributed by atoms with Crippen LogP contribution in [0.4, 0.5) is 5.13 Å². The number of nitrogens with zero attached hydrogens (tertiary/aromatic N) is 3. The Morgan fingerprint density at radius 1 is 1.50 bits per heavy atom. The van der Waals surface area contributed by atoms with Gasteiger partial charge in [-0.2, -0.15) is 9.36 Å². The second-order valence-electron chi connectivity index (χ2n) is 3.82. The molecule has 9 heteroatoms. The normalized spacial score (nSPS) is 33.1. The maximum atomic E-state index is 9.83. The molecule has 0 saturated carbocycles. The number of aliphatic hydroxyl groups excluding tert-OH is 3. The third-order valence-corrected chi connectivity index (χ3v) is 3.51. The first-order valence-corrected chi connectivity index (χ1v) is 6.39. The molecule has 100 valence electrons. The van der Waals surface area contributed by atoms with Crippen LogP contribution in [0.15, 0.2) is 4.99 Å². The summed E-state index contributed by atoms with van der Waals surface area (Å²) in [5.74, 6) is -0.467. The number of hydrogen-bond acceptors (Lipinski definition) is 8. The van der Waals surface area contributed by atoms with Gasteiger partial charge in [0.25, 0.3) is 0 Å². The number of hydrogen-bond donors (Lipinski definition) is 3. The molecule has 1 aromatic heterocycles. The fraction of sp³-hybridized carbons (Fsp3) is 0.667. The van der Waals surface area contributed by atoms with Crippen LogP contribution in [-0.4, -0.2) is 62.4 Å². The zero-order valence-corrected chi connectivity index (χ0v) is 10.8. The van der Waals surface area contributed by atoms with Crippen molar-refractivity contribution in [2.24, 2.45) is 10.9 Å². The van der Waals surface area contributed by atoms with E-state index in [4.69, 9.17) is 21.4 Å². The summed E-state index contributed by atoms with van der Waals surface area (Å²) in [4.78, 5) is 7.83. The van der Waals surface area contributed by atoms with Crippen LogP contribution in [0.1, 0.15) is 0 Å². The monoisotopic (exact) mass is 293 g/mol. The van der Waals surface area contributed by atoms with Crippen molar-refractivity contribution in [3.8, 4) is 0 Å². The van der Waals surface area contributed by atoms with E-state index in [1.807, 2.05) is 0 Å². The number of aliphatic imine (C=N–C) groups is 1. The molecule has 4 atom stereocenters. The SMILES string of the molecule is OCC1OCC(C=Nc2nc(Cl)ns2)[C@@H](O)[C@H]1O. The zero-order chi connectivity index (χ0) is 13.1. The topological polar surface area (TPSA) is 108 Å². The van der Waals surface area contributed by atoms with Crippen LogP contribution in [0.5, 0.6) is 0 Å². The van der Waals surface area contributed by atoms with Crippen LogP contribution in [0.3, 0.4) is 0 Å². The summed E-state index contributed by atoms with van der Waals surface area (Å²) < 4.78 is 8.95. The van der Waals surface area contributed by atoms with Crippen LogP contribution in [0.25, 0.3) is 0 Å². The molecule has 3 N–H and O–H groups in total. The number of halogens is 1. The van der Waals surface area contributed by atoms with Crippen molar-refractivity contribution in [1.29, 1.82) is 0 Å². The third-order valence-electron chi connectivity index (χ3n) is 2.62. The fourth-order valence-electron chi connectivity index (χ4n) is 1.61. The highest BCUT2D eigenvalue weighted by molar-refractivity contribution is 7.09. The summed E-state index contributed by atoms with van der Waals surface area (Å²) in [6.45, 7) is -0.173. The largest absolute Gasteiger partial charge is 0.394 e. The average molecular weight is 294 g/mol. The lowest BCUT2D eigenvalue weighted by Gasteiger charge is -2.35. The van der Waals surface area contributed by atoms with E-state index < -0.39 is 24.2 Å². The highest BCUT2D eigenvalue weighted by atomic mass is 35.5. The van der Waals surface area contributed by atoms with Gasteiger partial charge in [0.05, 0.1) is 19.3 Å². The van der Waals surface area contributed by atoms with Gasteiger partial charge in [-0.25, -0.2) is 4.99 Å². The van der Waals surface area contributed by atoms with E-state index in [0.717, 1.165) is 11.5 Å². The molecule has 1 aliphatic heterocycles. The number of ether oxygens (including phenoxy) is 1. The van der Waals surface area contributed by atoms with E-state index in [9.17, 15) is 10.2 Å². The predicted molar refractivity (Wildman–Crippen MR) is 65.4 cm³/mol. The minimum Gasteiger partial charge on any atom is -0.394 e. The summed E-state index contributed by atoms with van der Waals surface area (Å²) >= 11 is 6.57. The van der Waals surface area contributed by atoms with Gasteiger partial charge >= 0.3 is 0 Å². The van der Waals surface area contributed by atoms with Crippen molar-refractivity contribution in [2.45, 2.75) is 18.3 Å². The second-order valence-corrected chi connectivity index (χ2v) is 4.89. The molecular formula is C9H12ClN3O4S. The quantitative estimate of drug-likeness (QED) is 0.656. The molecule has 2 rings (SSSR count). The molecule has 0 amide bonds. The minimum absolute atomic E-state index is 0.118. The van der Waals surface area contributed by atoms with Crippen LogP contribution in [-0.2, 0) is 4.74 Å². The van der Waals surface area contributed by atoms with Crippen molar-refractivity contribution in [2.75, 3.05) is 13.2 Å². The van der Waals surface area contributed by atoms with E-state index in [0.29, 0.717) is 5.13 Å². The Kier molecular flexibility index (Phi) is 4.60.